The molecule has 0 amide bonds. The van der Waals surface area contributed by atoms with Crippen molar-refractivity contribution in [3.63, 3.8) is 0 Å². The van der Waals surface area contributed by atoms with Crippen LogP contribution in [0.25, 0.3) is 0 Å². The number of rotatable bonds is 4. The van der Waals surface area contributed by atoms with Gasteiger partial charge in [-0.2, -0.15) is 4.99 Å². The van der Waals surface area contributed by atoms with Gasteiger partial charge in [-0.1, -0.05) is 11.6 Å². The van der Waals surface area contributed by atoms with Crippen molar-refractivity contribution in [3.05, 3.63) is 34.6 Å². The van der Waals surface area contributed by atoms with Crippen LogP contribution < -0.4 is 20.5 Å². The Morgan fingerprint density at radius 3 is 2.35 bits per heavy atom. The molecule has 1 heterocycles. The number of aliphatic imine (C=N–C) groups is 1. The predicted octanol–water partition coefficient (Wildman–Crippen LogP) is 2.82. The Balaban J connectivity index is 2.33. The van der Waals surface area contributed by atoms with Crippen LogP contribution in [-0.2, 0) is 0 Å². The highest BCUT2D eigenvalue weighted by atomic mass is 35.5. The van der Waals surface area contributed by atoms with Crippen LogP contribution in [0.4, 0.5) is 11.6 Å². The number of nitrogens with zero attached hydrogens (tertiary/aromatic N) is 3. The minimum Gasteiger partial charge on any atom is -0.497 e. The van der Waals surface area contributed by atoms with Gasteiger partial charge in [0.1, 0.15) is 5.75 Å². The molecule has 2 aromatic rings. The Kier molecular flexibility index (Phi) is 5.23. The zero-order valence-corrected chi connectivity index (χ0v) is 14.1. The number of ether oxygens (including phenoxy) is 2. The van der Waals surface area contributed by atoms with Gasteiger partial charge in [0.05, 0.1) is 24.9 Å². The third-order valence-electron chi connectivity index (χ3n) is 2.91. The highest BCUT2D eigenvalue weighted by Crippen LogP contribution is 2.37. The summed E-state index contributed by atoms with van der Waals surface area (Å²) in [5, 5.41) is 3.32. The summed E-state index contributed by atoms with van der Waals surface area (Å²) in [6.45, 7) is 3.73. The van der Waals surface area contributed by atoms with E-state index in [1.807, 2.05) is 19.9 Å². The zero-order valence-electron chi connectivity index (χ0n) is 13.3. The molecule has 0 saturated heterocycles. The summed E-state index contributed by atoms with van der Waals surface area (Å²) in [7, 11) is 3.06. The molecule has 0 aliphatic heterocycles. The van der Waals surface area contributed by atoms with Crippen molar-refractivity contribution in [2.75, 3.05) is 19.5 Å². The van der Waals surface area contributed by atoms with Crippen molar-refractivity contribution >= 4 is 29.2 Å². The number of methoxy groups -OCH3 is 2. The maximum absolute atomic E-state index is 6.15. The number of hydrogen-bond donors (Lipinski definition) is 2. The molecule has 0 atom stereocenters. The molecule has 0 bridgehead atoms. The van der Waals surface area contributed by atoms with Crippen LogP contribution in [0.1, 0.15) is 11.4 Å². The second-order valence-corrected chi connectivity index (χ2v) is 5.17. The van der Waals surface area contributed by atoms with Crippen molar-refractivity contribution in [1.82, 2.24) is 9.97 Å². The van der Waals surface area contributed by atoms with E-state index in [9.17, 15) is 0 Å². The molecular formula is C15H18ClN5O2. The number of guanidine groups is 1. The summed E-state index contributed by atoms with van der Waals surface area (Å²) in [5.74, 6) is 1.39. The van der Waals surface area contributed by atoms with E-state index in [4.69, 9.17) is 26.8 Å². The lowest BCUT2D eigenvalue weighted by Gasteiger charge is -2.13. The number of aromatic nitrogens is 2. The quantitative estimate of drug-likeness (QED) is 0.659. The Morgan fingerprint density at radius 1 is 1.13 bits per heavy atom. The van der Waals surface area contributed by atoms with E-state index < -0.39 is 0 Å². The SMILES string of the molecule is COc1cc(Cl)c(OC)c(N/C(N)=N/c2nc(C)cc(C)n2)c1. The van der Waals surface area contributed by atoms with Gasteiger partial charge in [-0.15, -0.1) is 0 Å². The van der Waals surface area contributed by atoms with Crippen LogP contribution in [-0.4, -0.2) is 30.1 Å². The van der Waals surface area contributed by atoms with E-state index in [0.29, 0.717) is 22.2 Å². The molecule has 7 nitrogen and oxygen atoms in total. The van der Waals surface area contributed by atoms with Crippen molar-refractivity contribution < 1.29 is 9.47 Å². The van der Waals surface area contributed by atoms with Crippen molar-refractivity contribution in [1.29, 1.82) is 0 Å². The van der Waals surface area contributed by atoms with Gasteiger partial charge < -0.3 is 20.5 Å². The van der Waals surface area contributed by atoms with Crippen LogP contribution in [0, 0.1) is 13.8 Å². The monoisotopic (exact) mass is 335 g/mol. The second kappa shape index (κ2) is 7.15. The van der Waals surface area contributed by atoms with Gasteiger partial charge in [-0.25, -0.2) is 9.97 Å². The number of nitrogens with two attached hydrogens (primary N) is 1. The number of halogens is 1. The van der Waals surface area contributed by atoms with Gasteiger partial charge in [0, 0.05) is 23.5 Å². The van der Waals surface area contributed by atoms with Crippen molar-refractivity contribution in [3.8, 4) is 11.5 Å². The van der Waals surface area contributed by atoms with Crippen molar-refractivity contribution in [2.45, 2.75) is 13.8 Å². The van der Waals surface area contributed by atoms with Gasteiger partial charge in [-0.05, 0) is 19.9 Å². The van der Waals surface area contributed by atoms with Gasteiger partial charge in [0.15, 0.2) is 5.75 Å². The first-order chi connectivity index (χ1) is 10.9. The number of hydrogen-bond acceptors (Lipinski definition) is 5. The molecule has 2 rings (SSSR count). The molecule has 0 radical (unpaired) electrons. The molecule has 0 aliphatic carbocycles. The summed E-state index contributed by atoms with van der Waals surface area (Å²) < 4.78 is 10.5. The van der Waals surface area contributed by atoms with Crippen LogP contribution in [0.2, 0.25) is 5.02 Å². The van der Waals surface area contributed by atoms with E-state index in [1.54, 1.807) is 19.2 Å². The van der Waals surface area contributed by atoms with Gasteiger partial charge >= 0.3 is 0 Å². The lowest BCUT2D eigenvalue weighted by molar-refractivity contribution is 0.405. The van der Waals surface area contributed by atoms with Gasteiger partial charge in [0.25, 0.3) is 5.95 Å². The fourth-order valence-corrected chi connectivity index (χ4v) is 2.30. The van der Waals surface area contributed by atoms with Crippen LogP contribution in [0.3, 0.4) is 0 Å². The topological polar surface area (TPSA) is 94.7 Å². The third-order valence-corrected chi connectivity index (χ3v) is 3.19. The second-order valence-electron chi connectivity index (χ2n) is 4.76. The lowest BCUT2D eigenvalue weighted by Crippen LogP contribution is -2.22. The first-order valence-electron chi connectivity index (χ1n) is 6.78. The Hall–Kier alpha value is -2.54. The number of anilines is 1. The van der Waals surface area contributed by atoms with Crippen molar-refractivity contribution in [2.24, 2.45) is 10.7 Å². The minimum atomic E-state index is 0.109. The maximum atomic E-state index is 6.15. The molecule has 1 aromatic heterocycles. The van der Waals surface area contributed by atoms with E-state index in [-0.39, 0.29) is 11.9 Å². The summed E-state index contributed by atoms with van der Waals surface area (Å²) in [5.41, 5.74) is 8.07. The molecule has 0 aliphatic rings. The highest BCUT2D eigenvalue weighted by molar-refractivity contribution is 6.32. The summed E-state index contributed by atoms with van der Waals surface area (Å²) in [6.07, 6.45) is 0. The Bertz CT molecular complexity index is 729. The number of aryl methyl sites for hydroxylation is 2. The van der Waals surface area contributed by atoms with E-state index in [1.165, 1.54) is 7.11 Å². The average Bonchev–Trinajstić information content (AvgIpc) is 2.45. The number of benzene rings is 1. The molecule has 0 spiro atoms. The molecule has 8 heteroatoms. The number of nitrogens with one attached hydrogen (secondary N) is 1. The minimum absolute atomic E-state index is 0.109. The van der Waals surface area contributed by atoms with Gasteiger partial charge in [-0.3, -0.25) is 0 Å². The average molecular weight is 336 g/mol. The predicted molar refractivity (Wildman–Crippen MR) is 91.0 cm³/mol. The fraction of sp³-hybridized carbons (Fsp3) is 0.267. The molecule has 23 heavy (non-hydrogen) atoms. The lowest BCUT2D eigenvalue weighted by atomic mass is 10.2. The van der Waals surface area contributed by atoms with E-state index in [0.717, 1.165) is 11.4 Å². The standard InChI is InChI=1S/C15H18ClN5O2/c1-8-5-9(2)19-15(18-8)21-14(17)20-12-7-10(22-3)6-11(16)13(12)23-4/h5-7H,1-4H3,(H3,17,18,19,20,21). The Labute approximate surface area is 139 Å². The van der Waals surface area contributed by atoms with Crippen LogP contribution in [0.15, 0.2) is 23.2 Å². The molecule has 0 unspecified atom stereocenters. The third kappa shape index (κ3) is 4.23. The largest absolute Gasteiger partial charge is 0.497 e. The fourth-order valence-electron chi connectivity index (χ4n) is 2.02. The van der Waals surface area contributed by atoms with E-state index in [2.05, 4.69) is 20.3 Å². The molecular weight excluding hydrogens is 318 g/mol. The normalized spacial score (nSPS) is 11.3. The Morgan fingerprint density at radius 2 is 1.78 bits per heavy atom. The van der Waals surface area contributed by atoms with E-state index >= 15 is 0 Å². The zero-order chi connectivity index (χ0) is 17.0. The molecule has 3 N–H and O–H groups in total. The first kappa shape index (κ1) is 16.8. The molecule has 122 valence electrons. The molecule has 1 aromatic carbocycles. The summed E-state index contributed by atoms with van der Waals surface area (Å²) >= 11 is 6.15. The first-order valence-corrected chi connectivity index (χ1v) is 7.15. The molecule has 0 fully saturated rings. The molecule has 0 saturated carbocycles. The van der Waals surface area contributed by atoms with Gasteiger partial charge in [0.2, 0.25) is 5.96 Å². The maximum Gasteiger partial charge on any atom is 0.253 e. The van der Waals surface area contributed by atoms with Crippen LogP contribution in [0.5, 0.6) is 11.5 Å². The summed E-state index contributed by atoms with van der Waals surface area (Å²) in [6, 6.07) is 5.20. The smallest absolute Gasteiger partial charge is 0.253 e. The van der Waals surface area contributed by atoms with Crippen LogP contribution >= 0.6 is 11.6 Å². The highest BCUT2D eigenvalue weighted by Gasteiger charge is 2.12. The summed E-state index contributed by atoms with van der Waals surface area (Å²) in [4.78, 5) is 12.6.